The number of carbonyl (C=O) groups excluding carboxylic acids is 1. The maximum atomic E-state index is 12.8. The van der Waals surface area contributed by atoms with Crippen molar-refractivity contribution < 1.29 is 9.53 Å². The fourth-order valence-electron chi connectivity index (χ4n) is 4.82. The number of hydrogen-bond donors (Lipinski definition) is 1. The number of thiophene rings is 1. The molecule has 0 bridgehead atoms. The lowest BCUT2D eigenvalue weighted by atomic mass is 9.96. The summed E-state index contributed by atoms with van der Waals surface area (Å²) in [7, 11) is 0. The standard InChI is InChI=1S/C25H33N5O2S2/c31-23(19-8-13-30(14-9-19)25-28-22-7-1-10-27-24(22)34-25)26-11-4-12-29(17-20-5-2-15-32-20)18-21-6-3-16-33-21/h1,3,6-7,10,16,19-20H,2,4-5,8-9,11-15,17-18H2,(H,26,31). The molecule has 5 rings (SSSR count). The summed E-state index contributed by atoms with van der Waals surface area (Å²) in [5.74, 6) is 0.299. The van der Waals surface area contributed by atoms with Crippen molar-refractivity contribution in [1.29, 1.82) is 0 Å². The highest BCUT2D eigenvalue weighted by Crippen LogP contribution is 2.30. The van der Waals surface area contributed by atoms with Crippen LogP contribution < -0.4 is 10.2 Å². The number of anilines is 1. The molecular formula is C25H33N5O2S2. The summed E-state index contributed by atoms with van der Waals surface area (Å²) in [5, 5.41) is 6.36. The summed E-state index contributed by atoms with van der Waals surface area (Å²) in [5.41, 5.74) is 0.954. The third kappa shape index (κ3) is 6.13. The largest absolute Gasteiger partial charge is 0.377 e. The molecule has 7 nitrogen and oxygen atoms in total. The number of aromatic nitrogens is 2. The number of nitrogens with one attached hydrogen (secondary N) is 1. The van der Waals surface area contributed by atoms with E-state index in [-0.39, 0.29) is 11.8 Å². The van der Waals surface area contributed by atoms with Crippen molar-refractivity contribution in [2.24, 2.45) is 5.92 Å². The van der Waals surface area contributed by atoms with Gasteiger partial charge in [0.15, 0.2) is 5.13 Å². The predicted octanol–water partition coefficient (Wildman–Crippen LogP) is 4.16. The lowest BCUT2D eigenvalue weighted by Gasteiger charge is -2.31. The first-order chi connectivity index (χ1) is 16.7. The van der Waals surface area contributed by atoms with Gasteiger partial charge in [-0.05, 0) is 55.7 Å². The maximum Gasteiger partial charge on any atom is 0.223 e. The first-order valence-electron chi connectivity index (χ1n) is 12.3. The molecule has 9 heteroatoms. The van der Waals surface area contributed by atoms with Crippen LogP contribution in [0.3, 0.4) is 0 Å². The van der Waals surface area contributed by atoms with E-state index in [2.05, 4.69) is 37.6 Å². The Hall–Kier alpha value is -2.07. The summed E-state index contributed by atoms with van der Waals surface area (Å²) in [6.45, 7) is 6.28. The molecule has 1 amide bonds. The quantitative estimate of drug-likeness (QED) is 0.423. The highest BCUT2D eigenvalue weighted by Gasteiger charge is 2.26. The molecule has 2 saturated heterocycles. The minimum absolute atomic E-state index is 0.0952. The Balaban J connectivity index is 1.04. The third-order valence-electron chi connectivity index (χ3n) is 6.69. The summed E-state index contributed by atoms with van der Waals surface area (Å²) in [6.07, 6.45) is 7.20. The van der Waals surface area contributed by atoms with Crippen LogP contribution in [-0.4, -0.2) is 66.2 Å². The van der Waals surface area contributed by atoms with Crippen molar-refractivity contribution >= 4 is 44.1 Å². The van der Waals surface area contributed by atoms with E-state index in [4.69, 9.17) is 9.72 Å². The summed E-state index contributed by atoms with van der Waals surface area (Å²) in [6, 6.07) is 8.24. The van der Waals surface area contributed by atoms with Gasteiger partial charge in [-0.2, -0.15) is 0 Å². The van der Waals surface area contributed by atoms with Gasteiger partial charge in [0.05, 0.1) is 6.10 Å². The van der Waals surface area contributed by atoms with Gasteiger partial charge in [0.25, 0.3) is 0 Å². The fraction of sp³-hybridized carbons (Fsp3) is 0.560. The fourth-order valence-corrected chi connectivity index (χ4v) is 6.53. The van der Waals surface area contributed by atoms with Gasteiger partial charge in [-0.1, -0.05) is 17.4 Å². The van der Waals surface area contributed by atoms with E-state index in [0.717, 1.165) is 87.0 Å². The molecular weight excluding hydrogens is 466 g/mol. The number of ether oxygens (including phenoxy) is 1. The molecule has 1 unspecified atom stereocenters. The van der Waals surface area contributed by atoms with Gasteiger partial charge >= 0.3 is 0 Å². The average Bonchev–Trinajstić information content (AvgIpc) is 3.64. The summed E-state index contributed by atoms with van der Waals surface area (Å²) < 4.78 is 5.87. The van der Waals surface area contributed by atoms with Gasteiger partial charge in [0.2, 0.25) is 5.91 Å². The average molecular weight is 500 g/mol. The molecule has 0 aliphatic carbocycles. The highest BCUT2D eigenvalue weighted by molar-refractivity contribution is 7.21. The van der Waals surface area contributed by atoms with Crippen molar-refractivity contribution in [1.82, 2.24) is 20.2 Å². The number of nitrogens with zero attached hydrogens (tertiary/aromatic N) is 4. The Morgan fingerprint density at radius 3 is 2.91 bits per heavy atom. The molecule has 5 heterocycles. The molecule has 3 aromatic heterocycles. The second-order valence-corrected chi connectivity index (χ2v) is 11.2. The van der Waals surface area contributed by atoms with Crippen LogP contribution in [0.4, 0.5) is 5.13 Å². The Bertz CT molecular complexity index is 1010. The number of thiazole rings is 1. The zero-order valence-electron chi connectivity index (χ0n) is 19.5. The SMILES string of the molecule is O=C(NCCCN(Cc1cccs1)CC1CCCO1)C1CCN(c2nc3cccnc3s2)CC1. The molecule has 0 spiro atoms. The Labute approximate surface area is 209 Å². The van der Waals surface area contributed by atoms with Gasteiger partial charge in [0.1, 0.15) is 10.3 Å². The lowest BCUT2D eigenvalue weighted by molar-refractivity contribution is -0.125. The van der Waals surface area contributed by atoms with Gasteiger partial charge in [-0.15, -0.1) is 11.3 Å². The number of hydrogen-bond acceptors (Lipinski definition) is 8. The van der Waals surface area contributed by atoms with Crippen molar-refractivity contribution in [2.45, 2.75) is 44.8 Å². The Morgan fingerprint density at radius 1 is 1.24 bits per heavy atom. The topological polar surface area (TPSA) is 70.6 Å². The van der Waals surface area contributed by atoms with E-state index in [1.807, 2.05) is 29.7 Å². The first-order valence-corrected chi connectivity index (χ1v) is 14.0. The smallest absolute Gasteiger partial charge is 0.223 e. The van der Waals surface area contributed by atoms with Crippen LogP contribution >= 0.6 is 22.7 Å². The molecule has 2 aliphatic heterocycles. The third-order valence-corrected chi connectivity index (χ3v) is 8.59. The van der Waals surface area contributed by atoms with E-state index in [1.165, 1.54) is 11.3 Å². The van der Waals surface area contributed by atoms with Gasteiger partial charge < -0.3 is 15.0 Å². The predicted molar refractivity (Wildman–Crippen MR) is 139 cm³/mol. The number of fused-ring (bicyclic) bond motifs is 1. The number of carbonyl (C=O) groups is 1. The van der Waals surface area contributed by atoms with E-state index >= 15 is 0 Å². The Kier molecular flexibility index (Phi) is 8.05. The second kappa shape index (κ2) is 11.6. The normalized spacial score (nSPS) is 19.3. The van der Waals surface area contributed by atoms with E-state index in [9.17, 15) is 4.79 Å². The lowest BCUT2D eigenvalue weighted by Crippen LogP contribution is -2.41. The molecule has 2 fully saturated rings. The number of amides is 1. The molecule has 1 atom stereocenters. The van der Waals surface area contributed by atoms with Crippen LogP contribution in [0.2, 0.25) is 0 Å². The maximum absolute atomic E-state index is 12.8. The van der Waals surface area contributed by atoms with Crippen molar-refractivity contribution in [3.63, 3.8) is 0 Å². The van der Waals surface area contributed by atoms with Crippen molar-refractivity contribution in [3.8, 4) is 0 Å². The van der Waals surface area contributed by atoms with Gasteiger partial charge in [0, 0.05) is 62.9 Å². The second-order valence-electron chi connectivity index (χ2n) is 9.18. The minimum atomic E-state index is 0.0952. The molecule has 0 saturated carbocycles. The van der Waals surface area contributed by atoms with Gasteiger partial charge in [-0.25, -0.2) is 9.97 Å². The molecule has 3 aromatic rings. The first kappa shape index (κ1) is 23.7. The van der Waals surface area contributed by atoms with Crippen molar-refractivity contribution in [3.05, 3.63) is 40.7 Å². The summed E-state index contributed by atoms with van der Waals surface area (Å²) >= 11 is 3.44. The van der Waals surface area contributed by atoms with E-state index < -0.39 is 0 Å². The monoisotopic (exact) mass is 499 g/mol. The molecule has 182 valence electrons. The van der Waals surface area contributed by atoms with Gasteiger partial charge in [-0.3, -0.25) is 9.69 Å². The van der Waals surface area contributed by atoms with Crippen LogP contribution in [-0.2, 0) is 16.1 Å². The molecule has 0 aromatic carbocycles. The van der Waals surface area contributed by atoms with Crippen LogP contribution in [0, 0.1) is 5.92 Å². The minimum Gasteiger partial charge on any atom is -0.377 e. The number of pyridine rings is 1. The number of piperidine rings is 1. The molecule has 0 radical (unpaired) electrons. The molecule has 34 heavy (non-hydrogen) atoms. The summed E-state index contributed by atoms with van der Waals surface area (Å²) in [4.78, 5) is 29.0. The zero-order valence-corrected chi connectivity index (χ0v) is 21.2. The van der Waals surface area contributed by atoms with Crippen LogP contribution in [0.1, 0.15) is 37.0 Å². The zero-order chi connectivity index (χ0) is 23.2. The van der Waals surface area contributed by atoms with Crippen LogP contribution in [0.5, 0.6) is 0 Å². The highest BCUT2D eigenvalue weighted by atomic mass is 32.1. The van der Waals surface area contributed by atoms with Crippen molar-refractivity contribution in [2.75, 3.05) is 44.2 Å². The van der Waals surface area contributed by atoms with Crippen LogP contribution in [0.15, 0.2) is 35.8 Å². The molecule has 1 N–H and O–H groups in total. The van der Waals surface area contributed by atoms with Crippen LogP contribution in [0.25, 0.3) is 10.3 Å². The Morgan fingerprint density at radius 2 is 2.15 bits per heavy atom. The molecule has 2 aliphatic rings. The van der Waals surface area contributed by atoms with E-state index in [1.54, 1.807) is 11.3 Å². The number of rotatable bonds is 10. The van der Waals surface area contributed by atoms with E-state index in [0.29, 0.717) is 6.10 Å².